The lowest BCUT2D eigenvalue weighted by atomic mass is 10.0. The molecule has 0 aliphatic carbocycles. The number of hydrogen-bond acceptors (Lipinski definition) is 1. The van der Waals surface area contributed by atoms with Crippen LogP contribution in [-0.2, 0) is 0 Å². The van der Waals surface area contributed by atoms with Crippen LogP contribution in [0.5, 0.6) is 0 Å². The van der Waals surface area contributed by atoms with Crippen molar-refractivity contribution in [1.29, 1.82) is 0 Å². The SMILES string of the molecule is BCCCSC. The minimum atomic E-state index is 1.33. The fourth-order valence-electron chi connectivity index (χ4n) is 0.289. The fraction of sp³-hybridized carbons (Fsp3) is 1.00. The summed E-state index contributed by atoms with van der Waals surface area (Å²) >= 11 is 1.93. The molecule has 0 fully saturated rings. The first-order valence-corrected chi connectivity index (χ1v) is 3.80. The van der Waals surface area contributed by atoms with Crippen LogP contribution in [0.4, 0.5) is 0 Å². The van der Waals surface area contributed by atoms with Crippen LogP contribution in [0.25, 0.3) is 0 Å². The van der Waals surface area contributed by atoms with Crippen LogP contribution in [0, 0.1) is 0 Å². The molecule has 0 aliphatic heterocycles. The third kappa shape index (κ3) is 4.41. The molecule has 6 heavy (non-hydrogen) atoms. The van der Waals surface area contributed by atoms with Gasteiger partial charge in [-0.15, -0.1) is 0 Å². The van der Waals surface area contributed by atoms with E-state index < -0.39 is 0 Å². The Morgan fingerprint density at radius 1 is 1.67 bits per heavy atom. The zero-order valence-corrected chi connectivity index (χ0v) is 5.35. The van der Waals surface area contributed by atoms with Crippen molar-refractivity contribution >= 4 is 19.6 Å². The van der Waals surface area contributed by atoms with Crippen molar-refractivity contribution in [2.45, 2.75) is 12.7 Å². The van der Waals surface area contributed by atoms with Gasteiger partial charge in [-0.2, -0.15) is 11.8 Å². The van der Waals surface area contributed by atoms with Crippen LogP contribution in [0.3, 0.4) is 0 Å². The summed E-state index contributed by atoms with van der Waals surface area (Å²) in [5, 5.41) is 0. The minimum Gasteiger partial charge on any atom is -0.165 e. The van der Waals surface area contributed by atoms with Gasteiger partial charge >= 0.3 is 0 Å². The largest absolute Gasteiger partial charge is 0.165 e. The highest BCUT2D eigenvalue weighted by Gasteiger charge is 1.75. The van der Waals surface area contributed by atoms with E-state index in [1.807, 2.05) is 11.8 Å². The summed E-state index contributed by atoms with van der Waals surface area (Å²) in [5.41, 5.74) is 0. The lowest BCUT2D eigenvalue weighted by Crippen LogP contribution is -1.73. The predicted molar refractivity (Wildman–Crippen MR) is 36.4 cm³/mol. The molecule has 0 amide bonds. The Bertz CT molecular complexity index is 19.5. The molecule has 0 spiro atoms. The normalized spacial score (nSPS) is 8.83. The highest BCUT2D eigenvalue weighted by molar-refractivity contribution is 7.98. The molecule has 0 nitrogen and oxygen atoms in total. The van der Waals surface area contributed by atoms with E-state index in [1.165, 1.54) is 18.5 Å². The van der Waals surface area contributed by atoms with Gasteiger partial charge in [0.25, 0.3) is 0 Å². The highest BCUT2D eigenvalue weighted by Crippen LogP contribution is 1.95. The molecule has 0 aromatic rings. The highest BCUT2D eigenvalue weighted by atomic mass is 32.2. The molecule has 0 radical (unpaired) electrons. The first-order valence-electron chi connectivity index (χ1n) is 2.40. The zero-order valence-electron chi connectivity index (χ0n) is 4.53. The monoisotopic (exact) mass is 102 g/mol. The molecule has 0 aliphatic rings. The average Bonchev–Trinajstić information content (AvgIpc) is 1.61. The van der Waals surface area contributed by atoms with E-state index in [9.17, 15) is 0 Å². The van der Waals surface area contributed by atoms with Crippen LogP contribution >= 0.6 is 11.8 Å². The summed E-state index contributed by atoms with van der Waals surface area (Å²) in [6.45, 7) is 0. The first-order chi connectivity index (χ1) is 2.91. The molecule has 0 atom stereocenters. The van der Waals surface area contributed by atoms with Gasteiger partial charge in [0.1, 0.15) is 7.85 Å². The van der Waals surface area contributed by atoms with Gasteiger partial charge in [-0.1, -0.05) is 12.7 Å². The molecular weight excluding hydrogens is 90.9 g/mol. The summed E-state index contributed by atoms with van der Waals surface area (Å²) in [4.78, 5) is 0. The van der Waals surface area contributed by atoms with Crippen molar-refractivity contribution in [3.63, 3.8) is 0 Å². The van der Waals surface area contributed by atoms with Gasteiger partial charge in [0.2, 0.25) is 0 Å². The number of hydrogen-bond donors (Lipinski definition) is 0. The van der Waals surface area contributed by atoms with E-state index in [2.05, 4.69) is 14.1 Å². The molecule has 0 saturated heterocycles. The van der Waals surface area contributed by atoms with E-state index in [4.69, 9.17) is 0 Å². The smallest absolute Gasteiger partial charge is 0.101 e. The molecule has 0 unspecified atom stereocenters. The summed E-state index contributed by atoms with van der Waals surface area (Å²) in [6, 6.07) is 0. The third-order valence-electron chi connectivity index (χ3n) is 0.702. The lowest BCUT2D eigenvalue weighted by molar-refractivity contribution is 1.10. The van der Waals surface area contributed by atoms with Gasteiger partial charge in [-0.3, -0.25) is 0 Å². The van der Waals surface area contributed by atoms with E-state index in [0.29, 0.717) is 0 Å². The Labute approximate surface area is 45.1 Å². The van der Waals surface area contributed by atoms with Crippen molar-refractivity contribution < 1.29 is 0 Å². The quantitative estimate of drug-likeness (QED) is 0.375. The third-order valence-corrected chi connectivity index (χ3v) is 1.40. The topological polar surface area (TPSA) is 0 Å². The van der Waals surface area contributed by atoms with Crippen LogP contribution in [-0.4, -0.2) is 19.9 Å². The van der Waals surface area contributed by atoms with Gasteiger partial charge < -0.3 is 0 Å². The lowest BCUT2D eigenvalue weighted by Gasteiger charge is -1.86. The minimum absolute atomic E-state index is 1.33. The predicted octanol–water partition coefficient (Wildman–Crippen LogP) is 0.791. The number of rotatable bonds is 3. The van der Waals surface area contributed by atoms with E-state index >= 15 is 0 Å². The second-order valence-electron chi connectivity index (χ2n) is 1.35. The van der Waals surface area contributed by atoms with Gasteiger partial charge in [0, 0.05) is 0 Å². The zero-order chi connectivity index (χ0) is 4.83. The van der Waals surface area contributed by atoms with Crippen molar-refractivity contribution in [2.75, 3.05) is 12.0 Å². The summed E-state index contributed by atoms with van der Waals surface area (Å²) in [7, 11) is 2.22. The molecule has 2 heteroatoms. The van der Waals surface area contributed by atoms with Gasteiger partial charge in [0.05, 0.1) is 0 Å². The molecule has 0 rings (SSSR count). The maximum atomic E-state index is 2.22. The number of thioether (sulfide) groups is 1. The van der Waals surface area contributed by atoms with Crippen LogP contribution in [0.2, 0.25) is 6.32 Å². The molecule has 0 N–H and O–H groups in total. The molecule has 0 aromatic carbocycles. The second kappa shape index (κ2) is 5.41. The van der Waals surface area contributed by atoms with Crippen LogP contribution in [0.15, 0.2) is 0 Å². The molecule has 36 valence electrons. The van der Waals surface area contributed by atoms with Crippen molar-refractivity contribution in [3.05, 3.63) is 0 Å². The standard InChI is InChI=1S/C4H11BS/c1-6-4-2-3-5/h2-5H2,1H3. The molecule has 0 bridgehead atoms. The van der Waals surface area contributed by atoms with Crippen LogP contribution in [0.1, 0.15) is 6.42 Å². The molecule has 0 saturated carbocycles. The Balaban J connectivity index is 2.34. The Morgan fingerprint density at radius 2 is 2.33 bits per heavy atom. The maximum absolute atomic E-state index is 2.22. The van der Waals surface area contributed by atoms with Crippen molar-refractivity contribution in [3.8, 4) is 0 Å². The van der Waals surface area contributed by atoms with Gasteiger partial charge in [-0.25, -0.2) is 0 Å². The fourth-order valence-corrected chi connectivity index (χ4v) is 0.866. The van der Waals surface area contributed by atoms with E-state index in [-0.39, 0.29) is 0 Å². The van der Waals surface area contributed by atoms with E-state index in [1.54, 1.807) is 0 Å². The van der Waals surface area contributed by atoms with Crippen molar-refractivity contribution in [1.82, 2.24) is 0 Å². The Morgan fingerprint density at radius 3 is 2.50 bits per heavy atom. The molecule has 0 heterocycles. The first kappa shape index (κ1) is 6.41. The summed E-state index contributed by atoms with van der Waals surface area (Å²) in [6.07, 6.45) is 4.86. The van der Waals surface area contributed by atoms with Gasteiger partial charge in [0.15, 0.2) is 0 Å². The maximum Gasteiger partial charge on any atom is 0.101 e. The van der Waals surface area contributed by atoms with Crippen molar-refractivity contribution in [2.24, 2.45) is 0 Å². The summed E-state index contributed by atoms with van der Waals surface area (Å²) in [5.74, 6) is 1.33. The van der Waals surface area contributed by atoms with E-state index in [0.717, 1.165) is 0 Å². The van der Waals surface area contributed by atoms with Gasteiger partial charge in [-0.05, 0) is 12.0 Å². The average molecular weight is 102 g/mol. The molecular formula is C4H11BS. The Hall–Kier alpha value is 0.415. The molecule has 0 aromatic heterocycles. The second-order valence-corrected chi connectivity index (χ2v) is 2.33. The Kier molecular flexibility index (Phi) is 5.79. The summed E-state index contributed by atoms with van der Waals surface area (Å²) < 4.78 is 0. The van der Waals surface area contributed by atoms with Crippen LogP contribution < -0.4 is 0 Å².